The van der Waals surface area contributed by atoms with E-state index in [0.29, 0.717) is 6.42 Å². The van der Waals surface area contributed by atoms with Crippen LogP contribution in [-0.4, -0.2) is 20.9 Å². The Morgan fingerprint density at radius 2 is 2.14 bits per heavy atom. The minimum atomic E-state index is -0.0303. The summed E-state index contributed by atoms with van der Waals surface area (Å²) in [5.74, 6) is 0.0373. The van der Waals surface area contributed by atoms with Gasteiger partial charge in [0.1, 0.15) is 0 Å². The van der Waals surface area contributed by atoms with Gasteiger partial charge in [0, 0.05) is 4.88 Å². The standard InChI is InChI=1S/C16H16N4OS/c1-12(18-16(21)11-15-3-2-10-22-15)13-4-6-14(7-5-13)20-9-8-17-19-20/h2-10,12H,11H2,1H3,(H,18,21). The second kappa shape index (κ2) is 6.53. The summed E-state index contributed by atoms with van der Waals surface area (Å²) < 4.78 is 1.70. The summed E-state index contributed by atoms with van der Waals surface area (Å²) in [6, 6.07) is 11.8. The van der Waals surface area contributed by atoms with Gasteiger partial charge in [0.2, 0.25) is 5.91 Å². The summed E-state index contributed by atoms with van der Waals surface area (Å²) in [5, 5.41) is 12.7. The fourth-order valence-corrected chi connectivity index (χ4v) is 2.91. The predicted molar refractivity (Wildman–Crippen MR) is 85.9 cm³/mol. The van der Waals surface area contributed by atoms with Gasteiger partial charge in [-0.2, -0.15) is 0 Å². The van der Waals surface area contributed by atoms with Gasteiger partial charge in [0.05, 0.1) is 30.5 Å². The van der Waals surface area contributed by atoms with E-state index in [2.05, 4.69) is 15.6 Å². The Morgan fingerprint density at radius 1 is 1.32 bits per heavy atom. The van der Waals surface area contributed by atoms with Crippen molar-refractivity contribution in [2.24, 2.45) is 0 Å². The zero-order valence-corrected chi connectivity index (χ0v) is 13.0. The third-order valence-electron chi connectivity index (χ3n) is 3.37. The molecule has 22 heavy (non-hydrogen) atoms. The Kier molecular flexibility index (Phi) is 4.29. The molecule has 3 rings (SSSR count). The number of aromatic nitrogens is 3. The topological polar surface area (TPSA) is 59.8 Å². The molecular weight excluding hydrogens is 296 g/mol. The SMILES string of the molecule is CC(NC(=O)Cc1cccs1)c1ccc(-n2ccnn2)cc1. The van der Waals surface area contributed by atoms with Crippen molar-refractivity contribution in [1.82, 2.24) is 20.3 Å². The van der Waals surface area contributed by atoms with Gasteiger partial charge in [-0.25, -0.2) is 4.68 Å². The molecule has 0 saturated carbocycles. The average molecular weight is 312 g/mol. The summed E-state index contributed by atoms with van der Waals surface area (Å²) >= 11 is 1.60. The summed E-state index contributed by atoms with van der Waals surface area (Å²) in [6.07, 6.45) is 3.86. The van der Waals surface area contributed by atoms with E-state index in [4.69, 9.17) is 0 Å². The number of nitrogens with one attached hydrogen (secondary N) is 1. The first-order valence-corrected chi connectivity index (χ1v) is 7.89. The highest BCUT2D eigenvalue weighted by atomic mass is 32.1. The molecule has 3 aromatic rings. The van der Waals surface area contributed by atoms with E-state index in [1.807, 2.05) is 48.7 Å². The second-order valence-electron chi connectivity index (χ2n) is 4.98. The molecule has 2 aromatic heterocycles. The van der Waals surface area contributed by atoms with Gasteiger partial charge in [-0.1, -0.05) is 23.4 Å². The highest BCUT2D eigenvalue weighted by molar-refractivity contribution is 7.10. The smallest absolute Gasteiger partial charge is 0.225 e. The summed E-state index contributed by atoms with van der Waals surface area (Å²) in [6.45, 7) is 1.98. The lowest BCUT2D eigenvalue weighted by Crippen LogP contribution is -2.27. The van der Waals surface area contributed by atoms with Gasteiger partial charge < -0.3 is 5.32 Å². The molecule has 2 heterocycles. The Balaban J connectivity index is 1.62. The molecule has 1 N–H and O–H groups in total. The van der Waals surface area contributed by atoms with Gasteiger partial charge in [-0.05, 0) is 36.1 Å². The second-order valence-corrected chi connectivity index (χ2v) is 6.02. The van der Waals surface area contributed by atoms with Crippen LogP contribution in [0.4, 0.5) is 0 Å². The van der Waals surface area contributed by atoms with Crippen LogP contribution in [0.2, 0.25) is 0 Å². The van der Waals surface area contributed by atoms with Crippen LogP contribution >= 0.6 is 11.3 Å². The van der Waals surface area contributed by atoms with Crippen LogP contribution in [-0.2, 0) is 11.2 Å². The van der Waals surface area contributed by atoms with Crippen molar-refractivity contribution in [2.75, 3.05) is 0 Å². The number of thiophene rings is 1. The quantitative estimate of drug-likeness (QED) is 0.788. The first kappa shape index (κ1) is 14.5. The molecular formula is C16H16N4OS. The molecule has 5 nitrogen and oxygen atoms in total. The van der Waals surface area contributed by atoms with Gasteiger partial charge in [-0.3, -0.25) is 4.79 Å². The van der Waals surface area contributed by atoms with Gasteiger partial charge >= 0.3 is 0 Å². The van der Waals surface area contributed by atoms with E-state index in [1.165, 1.54) is 0 Å². The lowest BCUT2D eigenvalue weighted by molar-refractivity contribution is -0.121. The summed E-state index contributed by atoms with van der Waals surface area (Å²) in [7, 11) is 0. The number of hydrogen-bond donors (Lipinski definition) is 1. The van der Waals surface area contributed by atoms with Crippen molar-refractivity contribution in [3.05, 3.63) is 64.6 Å². The Labute approximate surface area is 132 Å². The van der Waals surface area contributed by atoms with Crippen molar-refractivity contribution in [3.8, 4) is 5.69 Å². The van der Waals surface area contributed by atoms with E-state index in [1.54, 1.807) is 28.4 Å². The monoisotopic (exact) mass is 312 g/mol. The van der Waals surface area contributed by atoms with E-state index in [0.717, 1.165) is 16.1 Å². The molecule has 0 spiro atoms. The Hall–Kier alpha value is -2.47. The fourth-order valence-electron chi connectivity index (χ4n) is 2.21. The number of amides is 1. The molecule has 0 aliphatic heterocycles. The molecule has 0 saturated heterocycles. The molecule has 0 aliphatic rings. The molecule has 0 bridgehead atoms. The maximum absolute atomic E-state index is 12.0. The van der Waals surface area contributed by atoms with Crippen LogP contribution in [0.1, 0.15) is 23.4 Å². The van der Waals surface area contributed by atoms with Crippen LogP contribution in [0.15, 0.2) is 54.2 Å². The van der Waals surface area contributed by atoms with Gasteiger partial charge in [0.15, 0.2) is 0 Å². The van der Waals surface area contributed by atoms with E-state index in [-0.39, 0.29) is 11.9 Å². The van der Waals surface area contributed by atoms with E-state index >= 15 is 0 Å². The first-order chi connectivity index (χ1) is 10.7. The van der Waals surface area contributed by atoms with Gasteiger partial charge in [0.25, 0.3) is 0 Å². The highest BCUT2D eigenvalue weighted by Crippen LogP contribution is 2.16. The van der Waals surface area contributed by atoms with Gasteiger partial charge in [-0.15, -0.1) is 16.4 Å². The van der Waals surface area contributed by atoms with E-state index in [9.17, 15) is 4.79 Å². The van der Waals surface area contributed by atoms with Crippen LogP contribution in [0.25, 0.3) is 5.69 Å². The zero-order valence-electron chi connectivity index (χ0n) is 12.1. The number of benzene rings is 1. The minimum Gasteiger partial charge on any atom is -0.349 e. The van der Waals surface area contributed by atoms with Crippen molar-refractivity contribution in [1.29, 1.82) is 0 Å². The Bertz CT molecular complexity index is 720. The maximum atomic E-state index is 12.0. The minimum absolute atomic E-state index is 0.0303. The largest absolute Gasteiger partial charge is 0.349 e. The lowest BCUT2D eigenvalue weighted by Gasteiger charge is -2.14. The molecule has 0 radical (unpaired) electrons. The predicted octanol–water partition coefficient (Wildman–Crippen LogP) is 2.75. The van der Waals surface area contributed by atoms with Crippen LogP contribution in [0.3, 0.4) is 0 Å². The highest BCUT2D eigenvalue weighted by Gasteiger charge is 2.11. The third-order valence-corrected chi connectivity index (χ3v) is 4.25. The molecule has 112 valence electrons. The van der Waals surface area contributed by atoms with Crippen molar-refractivity contribution < 1.29 is 4.79 Å². The zero-order chi connectivity index (χ0) is 15.4. The third kappa shape index (κ3) is 3.40. The van der Waals surface area contributed by atoms with Crippen LogP contribution in [0.5, 0.6) is 0 Å². The molecule has 1 aromatic carbocycles. The molecule has 1 unspecified atom stereocenters. The summed E-state index contributed by atoms with van der Waals surface area (Å²) in [4.78, 5) is 13.1. The average Bonchev–Trinajstić information content (AvgIpc) is 3.20. The van der Waals surface area contributed by atoms with Crippen molar-refractivity contribution in [3.63, 3.8) is 0 Å². The molecule has 1 amide bonds. The maximum Gasteiger partial charge on any atom is 0.225 e. The van der Waals surface area contributed by atoms with Crippen LogP contribution < -0.4 is 5.32 Å². The first-order valence-electron chi connectivity index (χ1n) is 7.01. The van der Waals surface area contributed by atoms with Crippen LogP contribution in [0, 0.1) is 0 Å². The molecule has 1 atom stereocenters. The number of nitrogens with zero attached hydrogens (tertiary/aromatic N) is 3. The normalized spacial score (nSPS) is 12.0. The molecule has 0 fully saturated rings. The van der Waals surface area contributed by atoms with Crippen molar-refractivity contribution >= 4 is 17.2 Å². The lowest BCUT2D eigenvalue weighted by atomic mass is 10.1. The number of hydrogen-bond acceptors (Lipinski definition) is 4. The fraction of sp³-hybridized carbons (Fsp3) is 0.188. The molecule has 0 aliphatic carbocycles. The molecule has 6 heteroatoms. The Morgan fingerprint density at radius 3 is 2.77 bits per heavy atom. The number of carbonyl (C=O) groups excluding carboxylic acids is 1. The van der Waals surface area contributed by atoms with E-state index < -0.39 is 0 Å². The number of carbonyl (C=O) groups is 1. The van der Waals surface area contributed by atoms with Crippen molar-refractivity contribution in [2.45, 2.75) is 19.4 Å². The number of rotatable bonds is 5. The summed E-state index contributed by atoms with van der Waals surface area (Å²) in [5.41, 5.74) is 2.00.